The third-order valence-corrected chi connectivity index (χ3v) is 5.49. The monoisotopic (exact) mass is 337 g/mol. The predicted octanol–water partition coefficient (Wildman–Crippen LogP) is 1.01. The molecule has 0 spiro atoms. The number of aryl methyl sites for hydroxylation is 2. The average molecular weight is 337 g/mol. The maximum atomic E-state index is 12.9. The van der Waals surface area contributed by atoms with Gasteiger partial charge in [-0.15, -0.1) is 0 Å². The molecule has 0 fully saturated rings. The van der Waals surface area contributed by atoms with Crippen molar-refractivity contribution in [3.05, 3.63) is 35.7 Å². The van der Waals surface area contributed by atoms with Crippen LogP contribution in [0.4, 0.5) is 5.69 Å². The molecule has 1 aliphatic rings. The molecular formula is C14H15N3O5S. The van der Waals surface area contributed by atoms with E-state index in [2.05, 4.69) is 5.10 Å². The van der Waals surface area contributed by atoms with E-state index in [1.165, 1.54) is 33.4 Å². The van der Waals surface area contributed by atoms with Gasteiger partial charge in [0.25, 0.3) is 10.0 Å². The SMILES string of the molecule is Cc1nn(C)cc1S(=O)(=O)N1CCOc2c(C(=O)O)cccc21. The Balaban J connectivity index is 2.16. The highest BCUT2D eigenvalue weighted by molar-refractivity contribution is 7.92. The second-order valence-electron chi connectivity index (χ2n) is 5.14. The molecule has 2 aromatic rings. The quantitative estimate of drug-likeness (QED) is 0.897. The van der Waals surface area contributed by atoms with Gasteiger partial charge in [0.1, 0.15) is 17.1 Å². The van der Waals surface area contributed by atoms with Gasteiger partial charge in [0.2, 0.25) is 0 Å². The Bertz CT molecular complexity index is 888. The van der Waals surface area contributed by atoms with Gasteiger partial charge in [-0.05, 0) is 19.1 Å². The lowest BCUT2D eigenvalue weighted by Gasteiger charge is -2.30. The van der Waals surface area contributed by atoms with Crippen molar-refractivity contribution >= 4 is 21.7 Å². The van der Waals surface area contributed by atoms with Crippen molar-refractivity contribution < 1.29 is 23.1 Å². The first kappa shape index (κ1) is 15.3. The highest BCUT2D eigenvalue weighted by atomic mass is 32.2. The fraction of sp³-hybridized carbons (Fsp3) is 0.286. The predicted molar refractivity (Wildman–Crippen MR) is 81.4 cm³/mol. The molecule has 1 aromatic heterocycles. The lowest BCUT2D eigenvalue weighted by Crippen LogP contribution is -2.38. The van der Waals surface area contributed by atoms with Crippen molar-refractivity contribution in [2.45, 2.75) is 11.8 Å². The number of benzene rings is 1. The van der Waals surface area contributed by atoms with Crippen LogP contribution in [-0.2, 0) is 17.1 Å². The molecule has 3 rings (SSSR count). The molecule has 1 aromatic carbocycles. The van der Waals surface area contributed by atoms with E-state index < -0.39 is 16.0 Å². The third kappa shape index (κ3) is 2.42. The number of aromatic nitrogens is 2. The number of hydrogen-bond acceptors (Lipinski definition) is 5. The molecule has 1 N–H and O–H groups in total. The van der Waals surface area contributed by atoms with Gasteiger partial charge < -0.3 is 9.84 Å². The molecular weight excluding hydrogens is 322 g/mol. The molecule has 0 atom stereocenters. The van der Waals surface area contributed by atoms with Crippen LogP contribution >= 0.6 is 0 Å². The van der Waals surface area contributed by atoms with Crippen molar-refractivity contribution in [1.29, 1.82) is 0 Å². The minimum atomic E-state index is -3.85. The molecule has 0 bridgehead atoms. The number of para-hydroxylation sites is 1. The molecule has 0 radical (unpaired) electrons. The fourth-order valence-electron chi connectivity index (χ4n) is 2.59. The van der Waals surface area contributed by atoms with E-state index in [-0.39, 0.29) is 35.0 Å². The van der Waals surface area contributed by atoms with E-state index >= 15 is 0 Å². The Morgan fingerprint density at radius 3 is 2.74 bits per heavy atom. The summed E-state index contributed by atoms with van der Waals surface area (Å²) in [6, 6.07) is 4.41. The molecule has 8 nitrogen and oxygen atoms in total. The minimum absolute atomic E-state index is 0.0645. The summed E-state index contributed by atoms with van der Waals surface area (Å²) in [7, 11) is -2.21. The van der Waals surface area contributed by atoms with Crippen LogP contribution < -0.4 is 9.04 Å². The van der Waals surface area contributed by atoms with Crippen LogP contribution in [0.3, 0.4) is 0 Å². The summed E-state index contributed by atoms with van der Waals surface area (Å²) in [5.41, 5.74) is 0.541. The standard InChI is InChI=1S/C14H15N3O5S/c1-9-12(8-16(2)15-9)23(20,21)17-6-7-22-13-10(14(18)19)4-3-5-11(13)17/h3-5,8H,6-7H2,1-2H3,(H,18,19). The summed E-state index contributed by atoms with van der Waals surface area (Å²) in [4.78, 5) is 11.4. The van der Waals surface area contributed by atoms with Crippen LogP contribution in [0.1, 0.15) is 16.1 Å². The largest absolute Gasteiger partial charge is 0.489 e. The van der Waals surface area contributed by atoms with E-state index in [0.717, 1.165) is 0 Å². The van der Waals surface area contributed by atoms with Crippen LogP contribution in [0.2, 0.25) is 0 Å². The second kappa shape index (κ2) is 5.27. The van der Waals surface area contributed by atoms with Gasteiger partial charge >= 0.3 is 5.97 Å². The number of sulfonamides is 1. The maximum Gasteiger partial charge on any atom is 0.339 e. The van der Waals surface area contributed by atoms with Crippen LogP contribution in [0.5, 0.6) is 5.75 Å². The summed E-state index contributed by atoms with van der Waals surface area (Å²) in [5.74, 6) is -1.10. The van der Waals surface area contributed by atoms with Gasteiger partial charge in [-0.25, -0.2) is 13.2 Å². The van der Waals surface area contributed by atoms with Crippen LogP contribution in [0.15, 0.2) is 29.3 Å². The van der Waals surface area contributed by atoms with Crippen molar-refractivity contribution in [1.82, 2.24) is 9.78 Å². The zero-order chi connectivity index (χ0) is 16.8. The molecule has 0 unspecified atom stereocenters. The van der Waals surface area contributed by atoms with Crippen molar-refractivity contribution in [2.75, 3.05) is 17.5 Å². The molecule has 9 heteroatoms. The molecule has 0 aliphatic carbocycles. The molecule has 2 heterocycles. The van der Waals surface area contributed by atoms with Crippen molar-refractivity contribution in [3.63, 3.8) is 0 Å². The number of rotatable bonds is 3. The van der Waals surface area contributed by atoms with Crippen molar-refractivity contribution in [2.24, 2.45) is 7.05 Å². The number of anilines is 1. The van der Waals surface area contributed by atoms with Gasteiger partial charge in [0.05, 0.1) is 17.9 Å². The molecule has 0 saturated heterocycles. The highest BCUT2D eigenvalue weighted by Crippen LogP contribution is 2.38. The van der Waals surface area contributed by atoms with E-state index in [4.69, 9.17) is 4.74 Å². The lowest BCUT2D eigenvalue weighted by atomic mass is 10.1. The first-order valence-electron chi connectivity index (χ1n) is 6.84. The zero-order valence-corrected chi connectivity index (χ0v) is 13.4. The third-order valence-electron chi connectivity index (χ3n) is 3.57. The number of carbonyl (C=O) groups is 1. The number of hydrogen-bond donors (Lipinski definition) is 1. The Morgan fingerprint density at radius 1 is 1.39 bits per heavy atom. The van der Waals surface area contributed by atoms with Gasteiger partial charge in [0.15, 0.2) is 5.75 Å². The number of carboxylic acids is 1. The van der Waals surface area contributed by atoms with Gasteiger partial charge in [0, 0.05) is 13.2 Å². The van der Waals surface area contributed by atoms with Gasteiger partial charge in [-0.2, -0.15) is 5.10 Å². The molecule has 0 amide bonds. The summed E-state index contributed by atoms with van der Waals surface area (Å²) < 4.78 is 33.9. The summed E-state index contributed by atoms with van der Waals surface area (Å²) >= 11 is 0. The topological polar surface area (TPSA) is 102 Å². The van der Waals surface area contributed by atoms with Gasteiger partial charge in [-0.1, -0.05) is 6.07 Å². The maximum absolute atomic E-state index is 12.9. The number of ether oxygens (including phenoxy) is 1. The normalized spacial score (nSPS) is 14.3. The lowest BCUT2D eigenvalue weighted by molar-refractivity contribution is 0.0692. The van der Waals surface area contributed by atoms with Crippen LogP contribution in [-0.4, -0.2) is 42.4 Å². The average Bonchev–Trinajstić information content (AvgIpc) is 2.85. The van der Waals surface area contributed by atoms with Crippen LogP contribution in [0.25, 0.3) is 0 Å². The van der Waals surface area contributed by atoms with E-state index in [9.17, 15) is 18.3 Å². The summed E-state index contributed by atoms with van der Waals surface area (Å²) in [5, 5.41) is 13.3. The van der Waals surface area contributed by atoms with Crippen LogP contribution in [0, 0.1) is 6.92 Å². The molecule has 0 saturated carbocycles. The van der Waals surface area contributed by atoms with E-state index in [1.807, 2.05) is 0 Å². The molecule has 1 aliphatic heterocycles. The Labute approximate surface area is 133 Å². The summed E-state index contributed by atoms with van der Waals surface area (Å²) in [6.45, 7) is 1.80. The smallest absolute Gasteiger partial charge is 0.339 e. The Morgan fingerprint density at radius 2 is 2.13 bits per heavy atom. The highest BCUT2D eigenvalue weighted by Gasteiger charge is 2.34. The summed E-state index contributed by atoms with van der Waals surface area (Å²) in [6.07, 6.45) is 1.43. The first-order valence-corrected chi connectivity index (χ1v) is 8.28. The molecule has 23 heavy (non-hydrogen) atoms. The zero-order valence-electron chi connectivity index (χ0n) is 12.6. The fourth-order valence-corrected chi connectivity index (χ4v) is 4.25. The van der Waals surface area contributed by atoms with Crippen molar-refractivity contribution in [3.8, 4) is 5.75 Å². The second-order valence-corrected chi connectivity index (χ2v) is 6.97. The first-order chi connectivity index (χ1) is 10.8. The number of nitrogens with zero attached hydrogens (tertiary/aromatic N) is 3. The number of aromatic carboxylic acids is 1. The molecule has 122 valence electrons. The number of carboxylic acid groups (broad SMARTS) is 1. The Kier molecular flexibility index (Phi) is 3.52. The van der Waals surface area contributed by atoms with E-state index in [0.29, 0.717) is 5.69 Å². The minimum Gasteiger partial charge on any atom is -0.489 e. The van der Waals surface area contributed by atoms with E-state index in [1.54, 1.807) is 14.0 Å². The van der Waals surface area contributed by atoms with Gasteiger partial charge in [-0.3, -0.25) is 8.99 Å². The number of fused-ring (bicyclic) bond motifs is 1. The Hall–Kier alpha value is -2.55.